The Hall–Kier alpha value is -2.92. The summed E-state index contributed by atoms with van der Waals surface area (Å²) in [6, 6.07) is 20.1. The molecule has 0 aliphatic carbocycles. The van der Waals surface area contributed by atoms with Crippen molar-refractivity contribution in [2.75, 3.05) is 10.6 Å². The first-order valence-corrected chi connectivity index (χ1v) is 7.77. The maximum absolute atomic E-state index is 12.1. The standard InChI is InChI=1S/C18H15ClN4O/c19-14-8-6-13(7-9-14)12-20-17-11-10-16(22-23-17)18(24)21-15-4-2-1-3-5-15/h1-11H,12H2,(H,20,23)(H,21,24). The van der Waals surface area contributed by atoms with Gasteiger partial charge in [0.05, 0.1) is 0 Å². The number of anilines is 2. The quantitative estimate of drug-likeness (QED) is 0.738. The second kappa shape index (κ2) is 7.57. The van der Waals surface area contributed by atoms with E-state index in [9.17, 15) is 4.79 Å². The molecular weight excluding hydrogens is 324 g/mol. The van der Waals surface area contributed by atoms with Gasteiger partial charge in [-0.25, -0.2) is 0 Å². The highest BCUT2D eigenvalue weighted by Gasteiger charge is 2.08. The molecule has 0 bridgehead atoms. The predicted octanol–water partition coefficient (Wildman–Crippen LogP) is 3.99. The van der Waals surface area contributed by atoms with Gasteiger partial charge in [0.2, 0.25) is 0 Å². The number of aromatic nitrogens is 2. The number of hydrogen-bond acceptors (Lipinski definition) is 4. The van der Waals surface area contributed by atoms with Crippen LogP contribution < -0.4 is 10.6 Å². The van der Waals surface area contributed by atoms with Gasteiger partial charge in [-0.3, -0.25) is 4.79 Å². The Kier molecular flexibility index (Phi) is 5.03. The molecule has 0 spiro atoms. The number of para-hydroxylation sites is 1. The van der Waals surface area contributed by atoms with Crippen molar-refractivity contribution < 1.29 is 4.79 Å². The number of benzene rings is 2. The van der Waals surface area contributed by atoms with Gasteiger partial charge in [0, 0.05) is 17.3 Å². The number of halogens is 1. The number of nitrogens with one attached hydrogen (secondary N) is 2. The predicted molar refractivity (Wildman–Crippen MR) is 95.2 cm³/mol. The first kappa shape index (κ1) is 16.0. The lowest BCUT2D eigenvalue weighted by Gasteiger charge is -2.07. The molecule has 0 aliphatic heterocycles. The molecular formula is C18H15ClN4O. The number of carbonyl (C=O) groups is 1. The van der Waals surface area contributed by atoms with Gasteiger partial charge in [0.15, 0.2) is 5.69 Å². The zero-order chi connectivity index (χ0) is 16.8. The zero-order valence-electron chi connectivity index (χ0n) is 12.7. The van der Waals surface area contributed by atoms with Crippen LogP contribution in [0.4, 0.5) is 11.5 Å². The topological polar surface area (TPSA) is 66.9 Å². The fourth-order valence-electron chi connectivity index (χ4n) is 2.06. The molecule has 24 heavy (non-hydrogen) atoms. The normalized spacial score (nSPS) is 10.2. The van der Waals surface area contributed by atoms with Crippen molar-refractivity contribution >= 4 is 29.0 Å². The molecule has 2 N–H and O–H groups in total. The van der Waals surface area contributed by atoms with Crippen molar-refractivity contribution in [3.8, 4) is 0 Å². The van der Waals surface area contributed by atoms with Gasteiger partial charge in [-0.1, -0.05) is 41.9 Å². The van der Waals surface area contributed by atoms with Crippen LogP contribution in [0.1, 0.15) is 16.1 Å². The molecule has 0 aliphatic rings. The molecule has 0 atom stereocenters. The van der Waals surface area contributed by atoms with E-state index in [1.807, 2.05) is 54.6 Å². The summed E-state index contributed by atoms with van der Waals surface area (Å²) in [5, 5.41) is 14.6. The van der Waals surface area contributed by atoms with E-state index in [-0.39, 0.29) is 11.6 Å². The third kappa shape index (κ3) is 4.30. The van der Waals surface area contributed by atoms with Gasteiger partial charge >= 0.3 is 0 Å². The number of rotatable bonds is 5. The average molecular weight is 339 g/mol. The van der Waals surface area contributed by atoms with Crippen LogP contribution >= 0.6 is 11.6 Å². The van der Waals surface area contributed by atoms with Gasteiger partial charge in [-0.2, -0.15) is 0 Å². The van der Waals surface area contributed by atoms with E-state index >= 15 is 0 Å². The Morgan fingerprint density at radius 3 is 2.33 bits per heavy atom. The lowest BCUT2D eigenvalue weighted by Crippen LogP contribution is -2.14. The zero-order valence-corrected chi connectivity index (χ0v) is 13.5. The highest BCUT2D eigenvalue weighted by atomic mass is 35.5. The van der Waals surface area contributed by atoms with Crippen molar-refractivity contribution in [1.82, 2.24) is 10.2 Å². The van der Waals surface area contributed by atoms with E-state index < -0.39 is 0 Å². The maximum atomic E-state index is 12.1. The first-order valence-electron chi connectivity index (χ1n) is 7.39. The van der Waals surface area contributed by atoms with E-state index in [2.05, 4.69) is 20.8 Å². The third-order valence-electron chi connectivity index (χ3n) is 3.32. The number of hydrogen-bond donors (Lipinski definition) is 2. The van der Waals surface area contributed by atoms with Gasteiger partial charge in [0.1, 0.15) is 5.82 Å². The molecule has 3 rings (SSSR count). The van der Waals surface area contributed by atoms with Crippen LogP contribution in [0.25, 0.3) is 0 Å². The smallest absolute Gasteiger partial charge is 0.276 e. The van der Waals surface area contributed by atoms with Crippen LogP contribution in [0.5, 0.6) is 0 Å². The molecule has 1 heterocycles. The Morgan fingerprint density at radius 1 is 0.917 bits per heavy atom. The lowest BCUT2D eigenvalue weighted by molar-refractivity contribution is 0.102. The maximum Gasteiger partial charge on any atom is 0.276 e. The van der Waals surface area contributed by atoms with Crippen LogP contribution in [0.3, 0.4) is 0 Å². The second-order valence-corrected chi connectivity index (χ2v) is 5.54. The summed E-state index contributed by atoms with van der Waals surface area (Å²) in [6.45, 7) is 0.599. The van der Waals surface area contributed by atoms with E-state index in [1.54, 1.807) is 12.1 Å². The summed E-state index contributed by atoms with van der Waals surface area (Å²) < 4.78 is 0. The summed E-state index contributed by atoms with van der Waals surface area (Å²) >= 11 is 5.85. The summed E-state index contributed by atoms with van der Waals surface area (Å²) in [5.74, 6) is 0.305. The third-order valence-corrected chi connectivity index (χ3v) is 3.57. The van der Waals surface area contributed by atoms with Crippen molar-refractivity contribution in [1.29, 1.82) is 0 Å². The molecule has 120 valence electrons. The highest BCUT2D eigenvalue weighted by Crippen LogP contribution is 2.12. The van der Waals surface area contributed by atoms with Crippen LogP contribution in [0.2, 0.25) is 5.02 Å². The van der Waals surface area contributed by atoms with E-state index in [1.165, 1.54) is 0 Å². The number of amides is 1. The molecule has 0 saturated heterocycles. The average Bonchev–Trinajstić information content (AvgIpc) is 2.62. The lowest BCUT2D eigenvalue weighted by atomic mass is 10.2. The minimum atomic E-state index is -0.294. The summed E-state index contributed by atoms with van der Waals surface area (Å²) in [6.07, 6.45) is 0. The minimum Gasteiger partial charge on any atom is -0.365 e. The molecule has 0 unspecified atom stereocenters. The monoisotopic (exact) mass is 338 g/mol. The van der Waals surface area contributed by atoms with Crippen LogP contribution in [-0.2, 0) is 6.54 Å². The summed E-state index contributed by atoms with van der Waals surface area (Å²) in [5.41, 5.74) is 2.05. The van der Waals surface area contributed by atoms with E-state index in [0.29, 0.717) is 23.1 Å². The molecule has 5 nitrogen and oxygen atoms in total. The largest absolute Gasteiger partial charge is 0.365 e. The van der Waals surface area contributed by atoms with Gasteiger partial charge in [-0.15, -0.1) is 10.2 Å². The van der Waals surface area contributed by atoms with Crippen molar-refractivity contribution in [3.05, 3.63) is 83.0 Å². The van der Waals surface area contributed by atoms with Crippen LogP contribution in [0, 0.1) is 0 Å². The SMILES string of the molecule is O=C(Nc1ccccc1)c1ccc(NCc2ccc(Cl)cc2)nn1. The summed E-state index contributed by atoms with van der Waals surface area (Å²) in [4.78, 5) is 12.1. The number of carbonyl (C=O) groups excluding carboxylic acids is 1. The Bertz CT molecular complexity index is 805. The highest BCUT2D eigenvalue weighted by molar-refractivity contribution is 6.30. The Balaban J connectivity index is 1.58. The fraction of sp³-hybridized carbons (Fsp3) is 0.0556. The number of nitrogens with zero attached hydrogens (tertiary/aromatic N) is 2. The fourth-order valence-corrected chi connectivity index (χ4v) is 2.19. The molecule has 0 saturated carbocycles. The molecule has 3 aromatic rings. The summed E-state index contributed by atoms with van der Waals surface area (Å²) in [7, 11) is 0. The van der Waals surface area contributed by atoms with E-state index in [0.717, 1.165) is 5.56 Å². The molecule has 1 amide bonds. The molecule has 2 aromatic carbocycles. The Labute approximate surface area is 144 Å². The molecule has 0 radical (unpaired) electrons. The van der Waals surface area contributed by atoms with Gasteiger partial charge < -0.3 is 10.6 Å². The van der Waals surface area contributed by atoms with Crippen molar-refractivity contribution in [3.63, 3.8) is 0 Å². The molecule has 6 heteroatoms. The van der Waals surface area contributed by atoms with Gasteiger partial charge in [-0.05, 0) is 42.0 Å². The first-order chi connectivity index (χ1) is 11.7. The van der Waals surface area contributed by atoms with E-state index in [4.69, 9.17) is 11.6 Å². The Morgan fingerprint density at radius 2 is 1.67 bits per heavy atom. The minimum absolute atomic E-state index is 0.260. The second-order valence-electron chi connectivity index (χ2n) is 5.10. The van der Waals surface area contributed by atoms with Crippen molar-refractivity contribution in [2.45, 2.75) is 6.54 Å². The molecule has 0 fully saturated rings. The van der Waals surface area contributed by atoms with Crippen LogP contribution in [0.15, 0.2) is 66.7 Å². The van der Waals surface area contributed by atoms with Gasteiger partial charge in [0.25, 0.3) is 5.91 Å². The van der Waals surface area contributed by atoms with Crippen molar-refractivity contribution in [2.24, 2.45) is 0 Å². The molecule has 1 aromatic heterocycles. The van der Waals surface area contributed by atoms with Crippen LogP contribution in [-0.4, -0.2) is 16.1 Å².